The van der Waals surface area contributed by atoms with Crippen LogP contribution in [0.1, 0.15) is 32.1 Å². The van der Waals surface area contributed by atoms with Crippen LogP contribution in [0.2, 0.25) is 0 Å². The molecule has 0 unspecified atom stereocenters. The maximum atomic E-state index is 12.2. The van der Waals surface area contributed by atoms with Gasteiger partial charge in [-0.15, -0.1) is 22.9 Å². The number of hydrogen-bond donors (Lipinski definition) is 1. The van der Waals surface area contributed by atoms with Crippen molar-refractivity contribution in [1.82, 2.24) is 4.72 Å². The van der Waals surface area contributed by atoms with Gasteiger partial charge in [0.15, 0.2) is 0 Å². The monoisotopic (exact) mass is 385 g/mol. The average molecular weight is 387 g/mol. The summed E-state index contributed by atoms with van der Waals surface area (Å²) < 4.78 is 28.2. The number of alkyl halides is 1. The van der Waals surface area contributed by atoms with E-state index in [1.54, 1.807) is 11.4 Å². The lowest BCUT2D eigenvalue weighted by Gasteiger charge is -2.35. The topological polar surface area (TPSA) is 46.2 Å². The fourth-order valence-corrected chi connectivity index (χ4v) is 6.34. The van der Waals surface area contributed by atoms with Gasteiger partial charge in [0.1, 0.15) is 4.21 Å². The second kappa shape index (κ2) is 6.43. The van der Waals surface area contributed by atoms with Crippen LogP contribution >= 0.6 is 38.9 Å². The van der Waals surface area contributed by atoms with Crippen molar-refractivity contribution < 1.29 is 8.42 Å². The summed E-state index contributed by atoms with van der Waals surface area (Å²) in [7, 11) is -3.43. The van der Waals surface area contributed by atoms with E-state index < -0.39 is 10.0 Å². The molecule has 1 aromatic heterocycles. The van der Waals surface area contributed by atoms with Crippen molar-refractivity contribution in [2.45, 2.75) is 36.3 Å². The van der Waals surface area contributed by atoms with E-state index in [-0.39, 0.29) is 5.41 Å². The smallest absolute Gasteiger partial charge is 0.210 e. The lowest BCUT2D eigenvalue weighted by Crippen LogP contribution is -2.40. The quantitative estimate of drug-likeness (QED) is 0.778. The van der Waals surface area contributed by atoms with Crippen LogP contribution < -0.4 is 4.72 Å². The van der Waals surface area contributed by atoms with Crippen molar-refractivity contribution in [3.63, 3.8) is 0 Å². The zero-order valence-corrected chi connectivity index (χ0v) is 14.5. The Bertz CT molecular complexity index is 524. The van der Waals surface area contributed by atoms with Crippen LogP contribution in [-0.4, -0.2) is 20.8 Å². The van der Waals surface area contributed by atoms with E-state index >= 15 is 0 Å². The molecule has 0 spiro atoms. The van der Waals surface area contributed by atoms with Gasteiger partial charge in [0.25, 0.3) is 10.0 Å². The molecule has 2 rings (SSSR count). The normalized spacial score (nSPS) is 19.5. The van der Waals surface area contributed by atoms with E-state index in [0.29, 0.717) is 21.1 Å². The Hall–Kier alpha value is 0.380. The van der Waals surface area contributed by atoms with Crippen LogP contribution in [0, 0.1) is 5.41 Å². The predicted octanol–water partition coefficient (Wildman–Crippen LogP) is 3.98. The van der Waals surface area contributed by atoms with Gasteiger partial charge in [0, 0.05) is 16.9 Å². The molecule has 19 heavy (non-hydrogen) atoms. The molecule has 1 aliphatic rings. The number of halogens is 2. The molecule has 0 aliphatic heterocycles. The van der Waals surface area contributed by atoms with Crippen molar-refractivity contribution in [1.29, 1.82) is 0 Å². The molecule has 1 saturated carbocycles. The molecule has 0 aromatic carbocycles. The predicted molar refractivity (Wildman–Crippen MR) is 83.4 cm³/mol. The third-order valence-corrected chi connectivity index (χ3v) is 8.30. The molecular weight excluding hydrogens is 370 g/mol. The van der Waals surface area contributed by atoms with E-state index in [1.165, 1.54) is 17.8 Å². The van der Waals surface area contributed by atoms with E-state index in [0.717, 1.165) is 25.7 Å². The first-order chi connectivity index (χ1) is 8.99. The molecule has 3 nitrogen and oxygen atoms in total. The number of thiophene rings is 1. The molecule has 0 radical (unpaired) electrons. The van der Waals surface area contributed by atoms with Crippen molar-refractivity contribution >= 4 is 48.9 Å². The lowest BCUT2D eigenvalue weighted by atomic mass is 9.76. The molecule has 1 N–H and O–H groups in total. The van der Waals surface area contributed by atoms with E-state index in [4.69, 9.17) is 11.6 Å². The number of nitrogens with one attached hydrogen (secondary N) is 1. The number of sulfonamides is 1. The summed E-state index contributed by atoms with van der Waals surface area (Å²) in [6.45, 7) is 0.434. The van der Waals surface area contributed by atoms with Crippen LogP contribution in [0.25, 0.3) is 0 Å². The maximum Gasteiger partial charge on any atom is 0.251 e. The summed E-state index contributed by atoms with van der Waals surface area (Å²) in [5.74, 6) is 0.515. The Balaban J connectivity index is 2.07. The third-order valence-electron chi connectivity index (χ3n) is 3.66. The minimum atomic E-state index is -3.43. The molecule has 7 heteroatoms. The van der Waals surface area contributed by atoms with E-state index in [9.17, 15) is 8.42 Å². The molecule has 0 bridgehead atoms. The summed E-state index contributed by atoms with van der Waals surface area (Å²) in [4.78, 5) is 0. The Kier molecular flexibility index (Phi) is 5.34. The molecule has 0 saturated heterocycles. The second-order valence-electron chi connectivity index (χ2n) is 5.07. The number of hydrogen-bond acceptors (Lipinski definition) is 3. The summed E-state index contributed by atoms with van der Waals surface area (Å²) in [6.07, 6.45) is 5.51. The Morgan fingerprint density at radius 3 is 2.58 bits per heavy atom. The first kappa shape index (κ1) is 15.8. The van der Waals surface area contributed by atoms with Gasteiger partial charge in [0.05, 0.1) is 0 Å². The van der Waals surface area contributed by atoms with Crippen molar-refractivity contribution in [3.05, 3.63) is 15.9 Å². The summed E-state index contributed by atoms with van der Waals surface area (Å²) in [5, 5.41) is 1.76. The molecule has 1 aromatic rings. The molecule has 0 atom stereocenters. The molecule has 1 aliphatic carbocycles. The standard InChI is InChI=1S/C12H17BrClNO2S2/c13-10-4-7-18-11(10)19(16,17)15-9-12(8-14)5-2-1-3-6-12/h4,7,15H,1-3,5-6,8-9H2. The van der Waals surface area contributed by atoms with E-state index in [2.05, 4.69) is 20.7 Å². The van der Waals surface area contributed by atoms with Crippen LogP contribution in [0.15, 0.2) is 20.1 Å². The van der Waals surface area contributed by atoms with Crippen molar-refractivity contribution in [3.8, 4) is 0 Å². The second-order valence-corrected chi connectivity index (χ2v) is 9.07. The molecule has 108 valence electrons. The van der Waals surface area contributed by atoms with E-state index in [1.807, 2.05) is 0 Å². The highest BCUT2D eigenvalue weighted by Gasteiger charge is 2.33. The first-order valence-corrected chi connectivity index (χ1v) is 9.97. The van der Waals surface area contributed by atoms with Crippen LogP contribution in [-0.2, 0) is 10.0 Å². The molecule has 0 amide bonds. The van der Waals surface area contributed by atoms with Gasteiger partial charge in [-0.2, -0.15) is 0 Å². The Morgan fingerprint density at radius 1 is 1.37 bits per heavy atom. The van der Waals surface area contributed by atoms with Crippen LogP contribution in [0.4, 0.5) is 0 Å². The first-order valence-electron chi connectivity index (χ1n) is 6.28. The highest BCUT2D eigenvalue weighted by molar-refractivity contribution is 9.10. The molecule has 1 fully saturated rings. The average Bonchev–Trinajstić information content (AvgIpc) is 2.85. The zero-order chi connectivity index (χ0) is 13.9. The molecule has 1 heterocycles. The van der Waals surface area contributed by atoms with Gasteiger partial charge in [-0.3, -0.25) is 0 Å². The van der Waals surface area contributed by atoms with Gasteiger partial charge < -0.3 is 0 Å². The van der Waals surface area contributed by atoms with Gasteiger partial charge >= 0.3 is 0 Å². The summed E-state index contributed by atoms with van der Waals surface area (Å²) in [5.41, 5.74) is -0.0728. The van der Waals surface area contributed by atoms with Crippen LogP contribution in [0.5, 0.6) is 0 Å². The number of rotatable bonds is 5. The largest absolute Gasteiger partial charge is 0.251 e. The SMILES string of the molecule is O=S(=O)(NCC1(CCl)CCCCC1)c1sccc1Br. The Labute approximate surface area is 131 Å². The molecular formula is C12H17BrClNO2S2. The lowest BCUT2D eigenvalue weighted by molar-refractivity contribution is 0.223. The minimum absolute atomic E-state index is 0.0728. The van der Waals surface area contributed by atoms with Gasteiger partial charge in [-0.05, 0) is 45.6 Å². The highest BCUT2D eigenvalue weighted by atomic mass is 79.9. The fourth-order valence-electron chi connectivity index (χ4n) is 2.44. The van der Waals surface area contributed by atoms with Gasteiger partial charge in [-0.25, -0.2) is 13.1 Å². The van der Waals surface area contributed by atoms with Crippen LogP contribution in [0.3, 0.4) is 0 Å². The minimum Gasteiger partial charge on any atom is -0.210 e. The Morgan fingerprint density at radius 2 is 2.05 bits per heavy atom. The summed E-state index contributed by atoms with van der Waals surface area (Å²) in [6, 6.07) is 1.75. The van der Waals surface area contributed by atoms with Crippen molar-refractivity contribution in [2.75, 3.05) is 12.4 Å². The van der Waals surface area contributed by atoms with Gasteiger partial charge in [-0.1, -0.05) is 19.3 Å². The van der Waals surface area contributed by atoms with Crippen molar-refractivity contribution in [2.24, 2.45) is 5.41 Å². The third kappa shape index (κ3) is 3.73. The zero-order valence-electron chi connectivity index (χ0n) is 10.5. The maximum absolute atomic E-state index is 12.2. The summed E-state index contributed by atoms with van der Waals surface area (Å²) >= 11 is 10.6. The van der Waals surface area contributed by atoms with Gasteiger partial charge in [0.2, 0.25) is 0 Å². The highest BCUT2D eigenvalue weighted by Crippen LogP contribution is 2.37. The fraction of sp³-hybridized carbons (Fsp3) is 0.667.